The maximum absolute atomic E-state index is 4.70. The SMILES string of the molecule is CNCc1cc(C)nc(-c2nc3ccccc3cc2Br)n1. The number of hydrogen-bond acceptors (Lipinski definition) is 4. The third kappa shape index (κ3) is 2.94. The summed E-state index contributed by atoms with van der Waals surface area (Å²) in [4.78, 5) is 13.8. The van der Waals surface area contributed by atoms with E-state index in [4.69, 9.17) is 4.98 Å². The van der Waals surface area contributed by atoms with Gasteiger partial charge in [0.1, 0.15) is 5.69 Å². The molecule has 0 radical (unpaired) electrons. The third-order valence-corrected chi connectivity index (χ3v) is 3.76. The second-order valence-electron chi connectivity index (χ2n) is 4.87. The molecule has 0 aliphatic carbocycles. The van der Waals surface area contributed by atoms with Crippen molar-refractivity contribution in [3.63, 3.8) is 0 Å². The van der Waals surface area contributed by atoms with Crippen LogP contribution in [0.15, 0.2) is 40.9 Å². The minimum atomic E-state index is 0.651. The maximum atomic E-state index is 4.70. The van der Waals surface area contributed by atoms with Crippen molar-refractivity contribution in [3.8, 4) is 11.5 Å². The Hall–Kier alpha value is -1.85. The van der Waals surface area contributed by atoms with Crippen molar-refractivity contribution in [2.45, 2.75) is 13.5 Å². The number of aromatic nitrogens is 3. The fourth-order valence-corrected chi connectivity index (χ4v) is 2.77. The van der Waals surface area contributed by atoms with E-state index in [2.05, 4.69) is 37.3 Å². The van der Waals surface area contributed by atoms with Crippen molar-refractivity contribution in [1.29, 1.82) is 0 Å². The van der Waals surface area contributed by atoms with Crippen molar-refractivity contribution in [1.82, 2.24) is 20.3 Å². The molecule has 2 heterocycles. The molecule has 0 unspecified atom stereocenters. The largest absolute Gasteiger partial charge is 0.314 e. The Bertz CT molecular complexity index is 801. The number of para-hydroxylation sites is 1. The first-order valence-corrected chi connectivity index (χ1v) is 7.51. The highest BCUT2D eigenvalue weighted by molar-refractivity contribution is 9.10. The van der Waals surface area contributed by atoms with Crippen molar-refractivity contribution in [3.05, 3.63) is 52.3 Å². The zero-order valence-electron chi connectivity index (χ0n) is 11.9. The molecule has 21 heavy (non-hydrogen) atoms. The summed E-state index contributed by atoms with van der Waals surface area (Å²) in [6, 6.07) is 12.1. The minimum absolute atomic E-state index is 0.651. The van der Waals surface area contributed by atoms with Gasteiger partial charge in [0.15, 0.2) is 5.82 Å². The molecular formula is C16H15BrN4. The van der Waals surface area contributed by atoms with E-state index >= 15 is 0 Å². The van der Waals surface area contributed by atoms with Crippen LogP contribution in [0.1, 0.15) is 11.4 Å². The van der Waals surface area contributed by atoms with Crippen molar-refractivity contribution >= 4 is 26.8 Å². The van der Waals surface area contributed by atoms with Crippen LogP contribution in [-0.4, -0.2) is 22.0 Å². The summed E-state index contributed by atoms with van der Waals surface area (Å²) in [6.07, 6.45) is 0. The highest BCUT2D eigenvalue weighted by Crippen LogP contribution is 2.27. The first-order valence-electron chi connectivity index (χ1n) is 6.72. The second kappa shape index (κ2) is 5.87. The molecule has 1 aromatic carbocycles. The van der Waals surface area contributed by atoms with Crippen LogP contribution >= 0.6 is 15.9 Å². The van der Waals surface area contributed by atoms with Crippen LogP contribution in [0.4, 0.5) is 0 Å². The molecule has 3 rings (SSSR count). The first-order chi connectivity index (χ1) is 10.2. The smallest absolute Gasteiger partial charge is 0.179 e. The van der Waals surface area contributed by atoms with E-state index in [0.717, 1.165) is 32.5 Å². The van der Waals surface area contributed by atoms with E-state index < -0.39 is 0 Å². The summed E-state index contributed by atoms with van der Waals surface area (Å²) in [5, 5.41) is 4.21. The van der Waals surface area contributed by atoms with Gasteiger partial charge in [-0.05, 0) is 48.1 Å². The Morgan fingerprint density at radius 1 is 1.10 bits per heavy atom. The summed E-state index contributed by atoms with van der Waals surface area (Å²) in [5.74, 6) is 0.651. The monoisotopic (exact) mass is 342 g/mol. The zero-order valence-corrected chi connectivity index (χ0v) is 13.5. The topological polar surface area (TPSA) is 50.7 Å². The molecule has 0 aliphatic rings. The molecule has 4 nitrogen and oxygen atoms in total. The van der Waals surface area contributed by atoms with Crippen LogP contribution in [-0.2, 0) is 6.54 Å². The Morgan fingerprint density at radius 3 is 2.71 bits per heavy atom. The summed E-state index contributed by atoms with van der Waals surface area (Å²) in [5.41, 5.74) is 3.61. The van der Waals surface area contributed by atoms with Crippen LogP contribution < -0.4 is 5.32 Å². The van der Waals surface area contributed by atoms with Crippen LogP contribution in [0.5, 0.6) is 0 Å². The summed E-state index contributed by atoms with van der Waals surface area (Å²) in [6.45, 7) is 2.68. The van der Waals surface area contributed by atoms with E-state index in [1.165, 1.54) is 0 Å². The summed E-state index contributed by atoms with van der Waals surface area (Å²) >= 11 is 3.58. The number of nitrogens with one attached hydrogen (secondary N) is 1. The lowest BCUT2D eigenvalue weighted by Crippen LogP contribution is -2.09. The lowest BCUT2D eigenvalue weighted by Gasteiger charge is -2.08. The summed E-state index contributed by atoms with van der Waals surface area (Å²) in [7, 11) is 1.90. The number of hydrogen-bond donors (Lipinski definition) is 1. The fraction of sp³-hybridized carbons (Fsp3) is 0.188. The highest BCUT2D eigenvalue weighted by Gasteiger charge is 2.11. The fourth-order valence-electron chi connectivity index (χ4n) is 2.26. The van der Waals surface area contributed by atoms with Gasteiger partial charge in [-0.3, -0.25) is 0 Å². The Morgan fingerprint density at radius 2 is 1.90 bits per heavy atom. The predicted molar refractivity (Wildman–Crippen MR) is 88.0 cm³/mol. The van der Waals surface area contributed by atoms with Gasteiger partial charge in [-0.2, -0.15) is 0 Å². The normalized spacial score (nSPS) is 11.0. The molecule has 0 fully saturated rings. The van der Waals surface area contributed by atoms with Crippen LogP contribution in [0.25, 0.3) is 22.4 Å². The number of aryl methyl sites for hydroxylation is 1. The van der Waals surface area contributed by atoms with Gasteiger partial charge in [0.05, 0.1) is 11.2 Å². The number of rotatable bonds is 3. The quantitative estimate of drug-likeness (QED) is 0.791. The molecule has 3 aromatic rings. The Kier molecular flexibility index (Phi) is 3.94. The third-order valence-electron chi connectivity index (χ3n) is 3.15. The number of fused-ring (bicyclic) bond motifs is 1. The second-order valence-corrected chi connectivity index (χ2v) is 5.72. The molecule has 0 amide bonds. The van der Waals surface area contributed by atoms with Crippen LogP contribution in [0.2, 0.25) is 0 Å². The number of pyridine rings is 1. The van der Waals surface area contributed by atoms with Crippen LogP contribution in [0.3, 0.4) is 0 Å². The molecule has 106 valence electrons. The first kappa shape index (κ1) is 14.1. The number of benzene rings is 1. The lowest BCUT2D eigenvalue weighted by atomic mass is 10.2. The van der Waals surface area contributed by atoms with Gasteiger partial charge in [-0.25, -0.2) is 15.0 Å². The van der Waals surface area contributed by atoms with Crippen molar-refractivity contribution < 1.29 is 0 Å². The molecule has 0 bridgehead atoms. The van der Waals surface area contributed by atoms with Gasteiger partial charge in [0.25, 0.3) is 0 Å². The van der Waals surface area contributed by atoms with Gasteiger partial charge in [0.2, 0.25) is 0 Å². The van der Waals surface area contributed by atoms with Gasteiger partial charge in [-0.1, -0.05) is 18.2 Å². The highest BCUT2D eigenvalue weighted by atomic mass is 79.9. The molecule has 1 N–H and O–H groups in total. The molecule has 0 saturated carbocycles. The number of halogens is 1. The van der Waals surface area contributed by atoms with Crippen molar-refractivity contribution in [2.24, 2.45) is 0 Å². The average Bonchev–Trinajstić information content (AvgIpc) is 2.46. The van der Waals surface area contributed by atoms with E-state index in [1.807, 2.05) is 44.3 Å². The zero-order chi connectivity index (χ0) is 14.8. The van der Waals surface area contributed by atoms with Crippen LogP contribution in [0, 0.1) is 6.92 Å². The molecule has 2 aromatic heterocycles. The molecule has 0 atom stereocenters. The molecular weight excluding hydrogens is 328 g/mol. The van der Waals surface area contributed by atoms with E-state index in [9.17, 15) is 0 Å². The molecule has 0 saturated heterocycles. The van der Waals surface area contributed by atoms with Gasteiger partial charge in [0, 0.05) is 22.1 Å². The van der Waals surface area contributed by atoms with E-state index in [-0.39, 0.29) is 0 Å². The molecule has 5 heteroatoms. The predicted octanol–water partition coefficient (Wildman–Crippen LogP) is 3.48. The lowest BCUT2D eigenvalue weighted by molar-refractivity contribution is 0.784. The minimum Gasteiger partial charge on any atom is -0.314 e. The number of nitrogens with zero attached hydrogens (tertiary/aromatic N) is 3. The molecule has 0 aliphatic heterocycles. The molecule has 0 spiro atoms. The van der Waals surface area contributed by atoms with Gasteiger partial charge >= 0.3 is 0 Å². The van der Waals surface area contributed by atoms with E-state index in [1.54, 1.807) is 0 Å². The maximum Gasteiger partial charge on any atom is 0.179 e. The standard InChI is InChI=1S/C16H15BrN4/c1-10-7-12(9-18-2)20-16(19-10)15-13(17)8-11-5-3-4-6-14(11)21-15/h3-8,18H,9H2,1-2H3. The van der Waals surface area contributed by atoms with Gasteiger partial charge in [-0.15, -0.1) is 0 Å². The van der Waals surface area contributed by atoms with Gasteiger partial charge < -0.3 is 5.32 Å². The van der Waals surface area contributed by atoms with E-state index in [0.29, 0.717) is 12.4 Å². The average molecular weight is 343 g/mol. The van der Waals surface area contributed by atoms with Crippen molar-refractivity contribution in [2.75, 3.05) is 7.05 Å². The Labute approximate surface area is 131 Å². The Balaban J connectivity index is 2.17. The summed E-state index contributed by atoms with van der Waals surface area (Å²) < 4.78 is 0.905.